The largest absolute Gasteiger partial charge is 0.481 e. The van der Waals surface area contributed by atoms with Gasteiger partial charge in [0.15, 0.2) is 0 Å². The first kappa shape index (κ1) is 23.6. The van der Waals surface area contributed by atoms with E-state index in [1.807, 2.05) is 36.4 Å². The number of allylic oxidation sites excluding steroid dienone is 2. The van der Waals surface area contributed by atoms with Gasteiger partial charge in [-0.15, -0.1) is 0 Å². The lowest BCUT2D eigenvalue weighted by Gasteiger charge is -2.23. The Kier molecular flexibility index (Phi) is 9.82. The Bertz CT molecular complexity index is 643. The molecule has 1 aliphatic rings. The second-order valence-electron chi connectivity index (χ2n) is 8.18. The zero-order chi connectivity index (χ0) is 21.2. The molecule has 5 heteroatoms. The van der Waals surface area contributed by atoms with Crippen molar-refractivity contribution in [3.8, 4) is 0 Å². The molecule has 1 aromatic rings. The number of aliphatic hydroxyl groups excluding tert-OH is 2. The summed E-state index contributed by atoms with van der Waals surface area (Å²) in [6, 6.07) is 7.60. The quantitative estimate of drug-likeness (QED) is 0.325. The third kappa shape index (κ3) is 7.23. The van der Waals surface area contributed by atoms with Gasteiger partial charge in [-0.2, -0.15) is 0 Å². The summed E-state index contributed by atoms with van der Waals surface area (Å²) < 4.78 is 14.5. The van der Waals surface area contributed by atoms with Crippen LogP contribution in [0.15, 0.2) is 36.4 Å². The molecule has 1 unspecified atom stereocenters. The van der Waals surface area contributed by atoms with Crippen LogP contribution >= 0.6 is 0 Å². The highest BCUT2D eigenvalue weighted by atomic mass is 19.1. The van der Waals surface area contributed by atoms with E-state index in [-0.39, 0.29) is 24.7 Å². The first-order valence-corrected chi connectivity index (χ1v) is 10.9. The second-order valence-corrected chi connectivity index (χ2v) is 8.18. The van der Waals surface area contributed by atoms with Crippen molar-refractivity contribution in [3.05, 3.63) is 47.5 Å². The van der Waals surface area contributed by atoms with Crippen LogP contribution in [0.25, 0.3) is 0 Å². The van der Waals surface area contributed by atoms with Gasteiger partial charge in [0, 0.05) is 24.7 Å². The van der Waals surface area contributed by atoms with Crippen molar-refractivity contribution in [3.63, 3.8) is 0 Å². The molecule has 0 spiro atoms. The number of aliphatic carboxylic acids is 1. The molecule has 0 aromatic heterocycles. The monoisotopic (exact) mass is 406 g/mol. The van der Waals surface area contributed by atoms with Gasteiger partial charge in [0.05, 0.1) is 12.2 Å². The van der Waals surface area contributed by atoms with Gasteiger partial charge in [0.1, 0.15) is 6.17 Å². The average molecular weight is 407 g/mol. The van der Waals surface area contributed by atoms with Crippen molar-refractivity contribution in [1.82, 2.24) is 0 Å². The molecule has 1 aliphatic carbocycles. The smallest absolute Gasteiger partial charge is 0.303 e. The number of unbranched alkanes of at least 4 members (excludes halogenated alkanes) is 3. The Morgan fingerprint density at radius 3 is 2.59 bits per heavy atom. The summed E-state index contributed by atoms with van der Waals surface area (Å²) in [5.74, 6) is -1.36. The van der Waals surface area contributed by atoms with Gasteiger partial charge < -0.3 is 15.3 Å². The predicted molar refractivity (Wildman–Crippen MR) is 113 cm³/mol. The minimum Gasteiger partial charge on any atom is -0.481 e. The van der Waals surface area contributed by atoms with Crippen molar-refractivity contribution in [2.75, 3.05) is 0 Å². The van der Waals surface area contributed by atoms with E-state index in [2.05, 4.69) is 6.92 Å². The molecule has 4 nitrogen and oxygen atoms in total. The van der Waals surface area contributed by atoms with Crippen molar-refractivity contribution >= 4 is 5.97 Å². The maximum absolute atomic E-state index is 14.5. The number of aliphatic hydroxyl groups is 2. The standard InChI is InChI=1S/C24H35FO4/c1-2-3-6-10-21(26)17-12-14-18(15-13-17)24-19(20(25)16-22(24)27)9-7-4-5-8-11-23(28)29/h4,7,12-15,19-22,24,26-27H,2-3,5-6,8-11,16H2,1H3,(H,28,29)/b7-4-/t19-,20+,21?,22+,24+/m0/s1. The molecule has 1 fully saturated rings. The molecule has 0 heterocycles. The molecule has 3 N–H and O–H groups in total. The number of alkyl halides is 1. The highest BCUT2D eigenvalue weighted by molar-refractivity contribution is 5.66. The minimum atomic E-state index is -1.06. The molecular weight excluding hydrogens is 371 g/mol. The number of hydrogen-bond donors (Lipinski definition) is 3. The molecule has 162 valence electrons. The lowest BCUT2D eigenvalue weighted by molar-refractivity contribution is -0.137. The SMILES string of the molecule is CCCCCC(O)c1ccc([C@@H]2[C@@H](C/C=C\CCCC(=O)O)[C@H](F)C[C@H]2O)cc1. The highest BCUT2D eigenvalue weighted by Gasteiger charge is 2.42. The first-order chi connectivity index (χ1) is 13.9. The predicted octanol–water partition coefficient (Wildman–Crippen LogP) is 5.30. The van der Waals surface area contributed by atoms with E-state index in [0.29, 0.717) is 19.3 Å². The van der Waals surface area contributed by atoms with Crippen molar-refractivity contribution in [2.45, 2.75) is 89.0 Å². The van der Waals surface area contributed by atoms with Gasteiger partial charge in [-0.1, -0.05) is 62.6 Å². The van der Waals surface area contributed by atoms with E-state index in [0.717, 1.165) is 36.8 Å². The summed E-state index contributed by atoms with van der Waals surface area (Å²) >= 11 is 0. The Balaban J connectivity index is 1.96. The Labute approximate surface area is 173 Å². The van der Waals surface area contributed by atoms with Crippen LogP contribution in [-0.4, -0.2) is 33.6 Å². The third-order valence-corrected chi connectivity index (χ3v) is 5.93. The molecule has 1 aromatic carbocycles. The van der Waals surface area contributed by atoms with E-state index < -0.39 is 24.3 Å². The number of rotatable bonds is 12. The lowest BCUT2D eigenvalue weighted by Crippen LogP contribution is -2.18. The number of hydrogen-bond acceptors (Lipinski definition) is 3. The fraction of sp³-hybridized carbons (Fsp3) is 0.625. The zero-order valence-corrected chi connectivity index (χ0v) is 17.3. The molecule has 0 radical (unpaired) electrons. The third-order valence-electron chi connectivity index (χ3n) is 5.93. The second kappa shape index (κ2) is 12.1. The molecule has 1 saturated carbocycles. The van der Waals surface area contributed by atoms with Gasteiger partial charge in [0.25, 0.3) is 0 Å². The van der Waals surface area contributed by atoms with Crippen molar-refractivity contribution in [1.29, 1.82) is 0 Å². The summed E-state index contributed by atoms with van der Waals surface area (Å²) in [4.78, 5) is 10.5. The Morgan fingerprint density at radius 1 is 1.21 bits per heavy atom. The van der Waals surface area contributed by atoms with E-state index in [1.54, 1.807) is 0 Å². The fourth-order valence-electron chi connectivity index (χ4n) is 4.26. The van der Waals surface area contributed by atoms with Crippen molar-refractivity contribution < 1.29 is 24.5 Å². The van der Waals surface area contributed by atoms with Crippen LogP contribution < -0.4 is 0 Å². The summed E-state index contributed by atoms with van der Waals surface area (Å²) in [6.45, 7) is 2.13. The highest BCUT2D eigenvalue weighted by Crippen LogP contribution is 2.44. The average Bonchev–Trinajstić information content (AvgIpc) is 2.97. The van der Waals surface area contributed by atoms with Crippen LogP contribution in [0.4, 0.5) is 4.39 Å². The van der Waals surface area contributed by atoms with Crippen LogP contribution in [0.3, 0.4) is 0 Å². The fourth-order valence-corrected chi connectivity index (χ4v) is 4.26. The lowest BCUT2D eigenvalue weighted by atomic mass is 9.84. The van der Waals surface area contributed by atoms with Crippen LogP contribution in [0.1, 0.15) is 87.9 Å². The van der Waals surface area contributed by atoms with Crippen LogP contribution in [0.5, 0.6) is 0 Å². The first-order valence-electron chi connectivity index (χ1n) is 10.9. The summed E-state index contributed by atoms with van der Waals surface area (Å²) in [5.41, 5.74) is 1.77. The van der Waals surface area contributed by atoms with E-state index >= 15 is 0 Å². The topological polar surface area (TPSA) is 77.8 Å². The maximum Gasteiger partial charge on any atom is 0.303 e. The molecule has 29 heavy (non-hydrogen) atoms. The molecular formula is C24H35FO4. The molecule has 5 atom stereocenters. The minimum absolute atomic E-state index is 0.136. The maximum atomic E-state index is 14.5. The van der Waals surface area contributed by atoms with E-state index in [9.17, 15) is 19.4 Å². The van der Waals surface area contributed by atoms with Gasteiger partial charge in [-0.3, -0.25) is 4.79 Å². The number of carboxylic acid groups (broad SMARTS) is 1. The van der Waals surface area contributed by atoms with E-state index in [4.69, 9.17) is 5.11 Å². The van der Waals surface area contributed by atoms with Gasteiger partial charge in [-0.25, -0.2) is 4.39 Å². The number of halogens is 1. The van der Waals surface area contributed by atoms with Gasteiger partial charge in [-0.05, 0) is 36.8 Å². The number of carboxylic acids is 1. The molecule has 0 bridgehead atoms. The Morgan fingerprint density at radius 2 is 1.93 bits per heavy atom. The van der Waals surface area contributed by atoms with Crippen LogP contribution in [0.2, 0.25) is 0 Å². The molecule has 2 rings (SSSR count). The summed E-state index contributed by atoms with van der Waals surface area (Å²) in [6.07, 6.45) is 7.56. The Hall–Kier alpha value is -1.72. The molecule has 0 saturated heterocycles. The summed E-state index contributed by atoms with van der Waals surface area (Å²) in [5, 5.41) is 29.4. The number of benzene rings is 1. The zero-order valence-electron chi connectivity index (χ0n) is 17.3. The number of carbonyl (C=O) groups is 1. The van der Waals surface area contributed by atoms with Crippen molar-refractivity contribution in [2.24, 2.45) is 5.92 Å². The summed E-state index contributed by atoms with van der Waals surface area (Å²) in [7, 11) is 0. The molecule has 0 aliphatic heterocycles. The van der Waals surface area contributed by atoms with E-state index in [1.165, 1.54) is 0 Å². The normalized spacial score (nSPS) is 25.5. The van der Waals surface area contributed by atoms with Crippen LogP contribution in [0, 0.1) is 5.92 Å². The molecule has 0 amide bonds. The van der Waals surface area contributed by atoms with Gasteiger partial charge >= 0.3 is 5.97 Å². The van der Waals surface area contributed by atoms with Crippen LogP contribution in [-0.2, 0) is 4.79 Å². The van der Waals surface area contributed by atoms with Gasteiger partial charge in [0.2, 0.25) is 0 Å².